The summed E-state index contributed by atoms with van der Waals surface area (Å²) in [6.45, 7) is 11.4. The van der Waals surface area contributed by atoms with Crippen molar-refractivity contribution < 1.29 is 4.74 Å². The van der Waals surface area contributed by atoms with Gasteiger partial charge >= 0.3 is 0 Å². The second-order valence-corrected chi connectivity index (χ2v) is 5.49. The van der Waals surface area contributed by atoms with Gasteiger partial charge in [-0.3, -0.25) is 0 Å². The fourth-order valence-electron chi connectivity index (χ4n) is 2.59. The van der Waals surface area contributed by atoms with E-state index < -0.39 is 0 Å². The van der Waals surface area contributed by atoms with Crippen LogP contribution in [0.2, 0.25) is 0 Å². The molecule has 1 rings (SSSR count). The van der Waals surface area contributed by atoms with Crippen molar-refractivity contribution in [2.45, 2.75) is 53.5 Å². The number of rotatable bonds is 6. The summed E-state index contributed by atoms with van der Waals surface area (Å²) in [6, 6.07) is 4.57. The Morgan fingerprint density at radius 1 is 1.17 bits per heavy atom. The maximum atomic E-state index is 5.87. The maximum Gasteiger partial charge on any atom is 0.119 e. The van der Waals surface area contributed by atoms with E-state index in [0.717, 1.165) is 25.2 Å². The highest BCUT2D eigenvalue weighted by Gasteiger charge is 2.11. The minimum Gasteiger partial charge on any atom is -0.494 e. The molecule has 2 atom stereocenters. The molecule has 0 aliphatic heterocycles. The largest absolute Gasteiger partial charge is 0.494 e. The van der Waals surface area contributed by atoms with E-state index in [1.807, 2.05) is 6.92 Å². The zero-order chi connectivity index (χ0) is 13.7. The molecule has 1 aromatic rings. The summed E-state index contributed by atoms with van der Waals surface area (Å²) < 4.78 is 5.57. The van der Waals surface area contributed by atoms with Crippen molar-refractivity contribution in [3.05, 3.63) is 28.8 Å². The Bertz CT molecular complexity index is 362. The van der Waals surface area contributed by atoms with Gasteiger partial charge in [-0.25, -0.2) is 0 Å². The third kappa shape index (κ3) is 4.34. The van der Waals surface area contributed by atoms with Gasteiger partial charge in [0, 0.05) is 6.04 Å². The van der Waals surface area contributed by atoms with Crippen molar-refractivity contribution in [3.8, 4) is 5.75 Å². The fourth-order valence-corrected chi connectivity index (χ4v) is 2.59. The average molecular weight is 249 g/mol. The van der Waals surface area contributed by atoms with Gasteiger partial charge in [0.1, 0.15) is 5.75 Å². The van der Waals surface area contributed by atoms with Gasteiger partial charge in [0.05, 0.1) is 6.61 Å². The van der Waals surface area contributed by atoms with Crippen LogP contribution in [0.3, 0.4) is 0 Å². The number of hydrogen-bond donors (Lipinski definition) is 1. The van der Waals surface area contributed by atoms with Crippen molar-refractivity contribution in [1.82, 2.24) is 0 Å². The summed E-state index contributed by atoms with van der Waals surface area (Å²) in [7, 11) is 0. The zero-order valence-electron chi connectivity index (χ0n) is 12.4. The highest BCUT2D eigenvalue weighted by molar-refractivity contribution is 5.41. The van der Waals surface area contributed by atoms with Crippen LogP contribution in [0.1, 0.15) is 43.9 Å². The fraction of sp³-hybridized carbons (Fsp3) is 0.625. The Hall–Kier alpha value is -1.02. The van der Waals surface area contributed by atoms with Crippen LogP contribution in [0.4, 0.5) is 0 Å². The highest BCUT2D eigenvalue weighted by Crippen LogP contribution is 2.25. The molecular weight excluding hydrogens is 222 g/mol. The van der Waals surface area contributed by atoms with Crippen molar-refractivity contribution in [2.24, 2.45) is 11.7 Å². The molecule has 2 heteroatoms. The zero-order valence-corrected chi connectivity index (χ0v) is 12.4. The summed E-state index contributed by atoms with van der Waals surface area (Å²) in [4.78, 5) is 0. The molecule has 0 saturated heterocycles. The lowest BCUT2D eigenvalue weighted by atomic mass is 9.90. The summed E-state index contributed by atoms with van der Waals surface area (Å²) >= 11 is 0. The Kier molecular flexibility index (Phi) is 5.67. The molecule has 1 aromatic carbocycles. The Labute approximate surface area is 112 Å². The van der Waals surface area contributed by atoms with Crippen LogP contribution >= 0.6 is 0 Å². The van der Waals surface area contributed by atoms with Crippen molar-refractivity contribution in [1.29, 1.82) is 0 Å². The molecule has 0 aromatic heterocycles. The molecule has 2 nitrogen and oxygen atoms in total. The molecule has 2 unspecified atom stereocenters. The first-order valence-electron chi connectivity index (χ1n) is 6.92. The van der Waals surface area contributed by atoms with Crippen LogP contribution < -0.4 is 10.5 Å². The number of aryl methyl sites for hydroxylation is 2. The molecular formula is C16H27NO. The smallest absolute Gasteiger partial charge is 0.119 e. The highest BCUT2D eigenvalue weighted by atomic mass is 16.5. The molecule has 0 amide bonds. The minimum absolute atomic E-state index is 0.281. The predicted molar refractivity (Wildman–Crippen MR) is 78.2 cm³/mol. The molecule has 18 heavy (non-hydrogen) atoms. The first kappa shape index (κ1) is 15.0. The van der Waals surface area contributed by atoms with E-state index in [1.165, 1.54) is 16.7 Å². The number of ether oxygens (including phenoxy) is 1. The van der Waals surface area contributed by atoms with Gasteiger partial charge in [-0.2, -0.15) is 0 Å². The minimum atomic E-state index is 0.281. The second-order valence-electron chi connectivity index (χ2n) is 5.49. The molecule has 0 fully saturated rings. The third-order valence-electron chi connectivity index (χ3n) is 3.31. The van der Waals surface area contributed by atoms with Crippen LogP contribution in [-0.2, 0) is 6.42 Å². The lowest BCUT2D eigenvalue weighted by molar-refractivity contribution is 0.339. The molecule has 0 spiro atoms. The monoisotopic (exact) mass is 249 g/mol. The van der Waals surface area contributed by atoms with Gasteiger partial charge in [0.15, 0.2) is 0 Å². The van der Waals surface area contributed by atoms with Crippen molar-refractivity contribution in [3.63, 3.8) is 0 Å². The van der Waals surface area contributed by atoms with Gasteiger partial charge < -0.3 is 10.5 Å². The first-order valence-corrected chi connectivity index (χ1v) is 6.92. The normalized spacial score (nSPS) is 14.3. The maximum absolute atomic E-state index is 5.87. The van der Waals surface area contributed by atoms with Crippen LogP contribution in [-0.4, -0.2) is 12.6 Å². The second kappa shape index (κ2) is 6.79. The van der Waals surface area contributed by atoms with E-state index in [9.17, 15) is 0 Å². The van der Waals surface area contributed by atoms with Crippen molar-refractivity contribution >= 4 is 0 Å². The van der Waals surface area contributed by atoms with E-state index in [2.05, 4.69) is 39.8 Å². The standard InChI is InChI=1S/C16H27NO/c1-6-18-15-9-12(3)16(13(4)10-15)8-11(2)7-14(5)17/h9-11,14H,6-8,17H2,1-5H3. The quantitative estimate of drug-likeness (QED) is 0.835. The van der Waals surface area contributed by atoms with Crippen LogP contribution in [0.5, 0.6) is 5.75 Å². The molecule has 0 radical (unpaired) electrons. The summed E-state index contributed by atoms with van der Waals surface area (Å²) in [5.74, 6) is 1.61. The molecule has 2 N–H and O–H groups in total. The van der Waals surface area contributed by atoms with Gasteiger partial charge in [-0.05, 0) is 75.3 Å². The summed E-state index contributed by atoms with van der Waals surface area (Å²) in [6.07, 6.45) is 2.18. The van der Waals surface area contributed by atoms with Gasteiger partial charge in [-0.15, -0.1) is 0 Å². The van der Waals surface area contributed by atoms with Crippen LogP contribution in [0, 0.1) is 19.8 Å². The number of hydrogen-bond acceptors (Lipinski definition) is 2. The lowest BCUT2D eigenvalue weighted by Crippen LogP contribution is -2.19. The van der Waals surface area contributed by atoms with E-state index in [1.54, 1.807) is 0 Å². The topological polar surface area (TPSA) is 35.2 Å². The Morgan fingerprint density at radius 2 is 1.72 bits per heavy atom. The molecule has 0 aliphatic rings. The number of nitrogens with two attached hydrogens (primary N) is 1. The summed E-state index contributed by atoms with van der Waals surface area (Å²) in [5, 5.41) is 0. The van der Waals surface area contributed by atoms with E-state index >= 15 is 0 Å². The van der Waals surface area contributed by atoms with E-state index in [-0.39, 0.29) is 6.04 Å². The molecule has 0 aliphatic carbocycles. The van der Waals surface area contributed by atoms with Crippen LogP contribution in [0.15, 0.2) is 12.1 Å². The Morgan fingerprint density at radius 3 is 2.17 bits per heavy atom. The predicted octanol–water partition coefficient (Wildman–Crippen LogP) is 3.62. The lowest BCUT2D eigenvalue weighted by Gasteiger charge is -2.18. The van der Waals surface area contributed by atoms with Gasteiger partial charge in [-0.1, -0.05) is 6.92 Å². The van der Waals surface area contributed by atoms with E-state index in [4.69, 9.17) is 10.5 Å². The molecule has 0 saturated carbocycles. The first-order chi connectivity index (χ1) is 8.43. The summed E-state index contributed by atoms with van der Waals surface area (Å²) in [5.41, 5.74) is 9.97. The average Bonchev–Trinajstić information content (AvgIpc) is 2.23. The van der Waals surface area contributed by atoms with Gasteiger partial charge in [0.2, 0.25) is 0 Å². The molecule has 0 heterocycles. The number of benzene rings is 1. The molecule has 102 valence electrons. The SMILES string of the molecule is CCOc1cc(C)c(CC(C)CC(C)N)c(C)c1. The third-order valence-corrected chi connectivity index (χ3v) is 3.31. The Balaban J connectivity index is 2.83. The van der Waals surface area contributed by atoms with Crippen molar-refractivity contribution in [2.75, 3.05) is 6.61 Å². The van der Waals surface area contributed by atoms with E-state index in [0.29, 0.717) is 5.92 Å². The van der Waals surface area contributed by atoms with Gasteiger partial charge in [0.25, 0.3) is 0 Å². The molecule has 0 bridgehead atoms. The van der Waals surface area contributed by atoms with Crippen LogP contribution in [0.25, 0.3) is 0 Å².